The first-order chi connectivity index (χ1) is 7.58. The van der Waals surface area contributed by atoms with Gasteiger partial charge in [-0.2, -0.15) is 5.10 Å². The quantitative estimate of drug-likeness (QED) is 0.796. The Hall–Kier alpha value is -1.16. The van der Waals surface area contributed by atoms with Crippen LogP contribution in [-0.2, 0) is 17.8 Å². The highest BCUT2D eigenvalue weighted by Crippen LogP contribution is 2.08. The van der Waals surface area contributed by atoms with Gasteiger partial charge in [0, 0.05) is 12.2 Å². The molecule has 16 heavy (non-hydrogen) atoms. The summed E-state index contributed by atoms with van der Waals surface area (Å²) in [5.41, 5.74) is 1.80. The van der Waals surface area contributed by atoms with E-state index in [-0.39, 0.29) is 12.2 Å². The lowest BCUT2D eigenvalue weighted by Crippen LogP contribution is -2.23. The topological polar surface area (TPSA) is 55.1 Å². The molecule has 1 aromatic rings. The van der Waals surface area contributed by atoms with E-state index in [9.17, 15) is 9.90 Å². The molecule has 90 valence electrons. The molecule has 0 fully saturated rings. The zero-order valence-electron chi connectivity index (χ0n) is 10.2. The van der Waals surface area contributed by atoms with Gasteiger partial charge in [-0.05, 0) is 26.3 Å². The molecule has 1 unspecified atom stereocenters. The standard InChI is InChI=1S/C12H20N2O2/c1-4-6-11(15)12(16)8-10-7-9(3)13-14(10)5-2/h7,11,15H,4-6,8H2,1-3H3. The number of ketones is 1. The Kier molecular flexibility index (Phi) is 4.68. The third kappa shape index (κ3) is 3.17. The molecule has 0 aliphatic rings. The van der Waals surface area contributed by atoms with Gasteiger partial charge < -0.3 is 5.11 Å². The second-order valence-corrected chi connectivity index (χ2v) is 4.04. The van der Waals surface area contributed by atoms with E-state index < -0.39 is 6.10 Å². The van der Waals surface area contributed by atoms with Crippen molar-refractivity contribution in [2.45, 2.75) is 52.7 Å². The van der Waals surface area contributed by atoms with Crippen LogP contribution in [0.1, 0.15) is 38.1 Å². The van der Waals surface area contributed by atoms with Gasteiger partial charge in [-0.3, -0.25) is 9.48 Å². The number of hydrogen-bond donors (Lipinski definition) is 1. The van der Waals surface area contributed by atoms with Gasteiger partial charge in [-0.1, -0.05) is 13.3 Å². The molecular weight excluding hydrogens is 204 g/mol. The summed E-state index contributed by atoms with van der Waals surface area (Å²) in [5, 5.41) is 13.8. The van der Waals surface area contributed by atoms with Crippen molar-refractivity contribution >= 4 is 5.78 Å². The van der Waals surface area contributed by atoms with Gasteiger partial charge in [0.1, 0.15) is 6.10 Å². The molecule has 0 aliphatic heterocycles. The van der Waals surface area contributed by atoms with E-state index in [4.69, 9.17) is 0 Å². The van der Waals surface area contributed by atoms with Gasteiger partial charge in [-0.25, -0.2) is 0 Å². The SMILES string of the molecule is CCCC(O)C(=O)Cc1cc(C)nn1CC. The Morgan fingerprint density at radius 3 is 2.81 bits per heavy atom. The number of aliphatic hydroxyl groups is 1. The summed E-state index contributed by atoms with van der Waals surface area (Å²) in [7, 11) is 0. The normalized spacial score (nSPS) is 12.8. The van der Waals surface area contributed by atoms with Gasteiger partial charge >= 0.3 is 0 Å². The minimum absolute atomic E-state index is 0.114. The number of Topliss-reactive ketones (excluding diaryl/α,β-unsaturated/α-hetero) is 1. The number of hydrogen-bond acceptors (Lipinski definition) is 3. The van der Waals surface area contributed by atoms with E-state index in [1.807, 2.05) is 31.5 Å². The predicted octanol–water partition coefficient (Wildman–Crippen LogP) is 1.48. The average Bonchev–Trinajstić information content (AvgIpc) is 2.59. The van der Waals surface area contributed by atoms with Crippen LogP contribution in [0.15, 0.2) is 6.07 Å². The van der Waals surface area contributed by atoms with Crippen LogP contribution >= 0.6 is 0 Å². The largest absolute Gasteiger partial charge is 0.385 e. The van der Waals surface area contributed by atoms with Crippen molar-refractivity contribution in [1.82, 2.24) is 9.78 Å². The van der Waals surface area contributed by atoms with E-state index >= 15 is 0 Å². The van der Waals surface area contributed by atoms with Crippen molar-refractivity contribution in [3.05, 3.63) is 17.5 Å². The van der Waals surface area contributed by atoms with Crippen molar-refractivity contribution in [3.63, 3.8) is 0 Å². The van der Waals surface area contributed by atoms with Gasteiger partial charge in [0.15, 0.2) is 5.78 Å². The van der Waals surface area contributed by atoms with Gasteiger partial charge in [-0.15, -0.1) is 0 Å². The van der Waals surface area contributed by atoms with Crippen LogP contribution in [0.2, 0.25) is 0 Å². The molecule has 0 spiro atoms. The first-order valence-corrected chi connectivity index (χ1v) is 5.82. The van der Waals surface area contributed by atoms with Gasteiger partial charge in [0.05, 0.1) is 12.1 Å². The van der Waals surface area contributed by atoms with Crippen molar-refractivity contribution in [1.29, 1.82) is 0 Å². The number of aryl methyl sites for hydroxylation is 2. The van der Waals surface area contributed by atoms with Crippen LogP contribution in [0.4, 0.5) is 0 Å². The summed E-state index contributed by atoms with van der Waals surface area (Å²) in [5.74, 6) is -0.114. The Balaban J connectivity index is 2.68. The van der Waals surface area contributed by atoms with E-state index in [1.54, 1.807) is 0 Å². The zero-order chi connectivity index (χ0) is 12.1. The maximum atomic E-state index is 11.7. The summed E-state index contributed by atoms with van der Waals surface area (Å²) < 4.78 is 1.81. The molecule has 0 amide bonds. The Morgan fingerprint density at radius 1 is 1.56 bits per heavy atom. The van der Waals surface area contributed by atoms with Crippen molar-refractivity contribution in [2.24, 2.45) is 0 Å². The second kappa shape index (κ2) is 5.80. The highest BCUT2D eigenvalue weighted by Gasteiger charge is 2.16. The molecule has 4 nitrogen and oxygen atoms in total. The molecule has 0 aromatic carbocycles. The summed E-state index contributed by atoms with van der Waals surface area (Å²) in [6.07, 6.45) is 0.804. The van der Waals surface area contributed by atoms with Crippen molar-refractivity contribution in [3.8, 4) is 0 Å². The lowest BCUT2D eigenvalue weighted by Gasteiger charge is -2.08. The highest BCUT2D eigenvalue weighted by molar-refractivity contribution is 5.84. The summed E-state index contributed by atoms with van der Waals surface area (Å²) >= 11 is 0. The van der Waals surface area contributed by atoms with E-state index in [1.165, 1.54) is 0 Å². The molecule has 0 bridgehead atoms. The van der Waals surface area contributed by atoms with Crippen molar-refractivity contribution < 1.29 is 9.90 Å². The number of rotatable bonds is 6. The number of carbonyl (C=O) groups excluding carboxylic acids is 1. The van der Waals surface area contributed by atoms with Crippen LogP contribution in [0.5, 0.6) is 0 Å². The average molecular weight is 224 g/mol. The maximum absolute atomic E-state index is 11.7. The molecule has 0 saturated heterocycles. The molecule has 0 radical (unpaired) electrons. The third-order valence-corrected chi connectivity index (χ3v) is 2.57. The molecule has 1 N–H and O–H groups in total. The fourth-order valence-corrected chi connectivity index (χ4v) is 1.75. The fourth-order valence-electron chi connectivity index (χ4n) is 1.75. The number of nitrogens with zero attached hydrogens (tertiary/aromatic N) is 2. The monoisotopic (exact) mass is 224 g/mol. The van der Waals surface area contributed by atoms with Crippen LogP contribution in [0.3, 0.4) is 0 Å². The fraction of sp³-hybridized carbons (Fsp3) is 0.667. The highest BCUT2D eigenvalue weighted by atomic mass is 16.3. The third-order valence-electron chi connectivity index (χ3n) is 2.57. The minimum Gasteiger partial charge on any atom is -0.385 e. The summed E-state index contributed by atoms with van der Waals surface area (Å²) in [6, 6.07) is 1.90. The minimum atomic E-state index is -0.828. The van der Waals surface area contributed by atoms with Crippen LogP contribution in [0.25, 0.3) is 0 Å². The first kappa shape index (κ1) is 12.9. The van der Waals surface area contributed by atoms with Crippen LogP contribution in [0, 0.1) is 6.92 Å². The molecule has 1 rings (SSSR count). The lowest BCUT2D eigenvalue weighted by atomic mass is 10.1. The number of aliphatic hydroxyl groups excluding tert-OH is 1. The molecule has 0 saturated carbocycles. The Bertz CT molecular complexity index is 358. The molecule has 1 atom stereocenters. The lowest BCUT2D eigenvalue weighted by molar-refractivity contribution is -0.126. The Morgan fingerprint density at radius 2 is 2.25 bits per heavy atom. The zero-order valence-corrected chi connectivity index (χ0v) is 10.2. The number of aromatic nitrogens is 2. The predicted molar refractivity (Wildman–Crippen MR) is 62.3 cm³/mol. The maximum Gasteiger partial charge on any atom is 0.167 e. The summed E-state index contributed by atoms with van der Waals surface area (Å²) in [4.78, 5) is 11.7. The van der Waals surface area contributed by atoms with E-state index in [2.05, 4.69) is 5.10 Å². The molecule has 0 aliphatic carbocycles. The molecule has 1 heterocycles. The van der Waals surface area contributed by atoms with E-state index in [0.29, 0.717) is 6.42 Å². The van der Waals surface area contributed by atoms with Crippen LogP contribution < -0.4 is 0 Å². The Labute approximate surface area is 96.3 Å². The van der Waals surface area contributed by atoms with E-state index in [0.717, 1.165) is 24.4 Å². The van der Waals surface area contributed by atoms with Gasteiger partial charge in [0.2, 0.25) is 0 Å². The van der Waals surface area contributed by atoms with Crippen molar-refractivity contribution in [2.75, 3.05) is 0 Å². The molecule has 4 heteroatoms. The molecular formula is C12H20N2O2. The second-order valence-electron chi connectivity index (χ2n) is 4.04. The smallest absolute Gasteiger partial charge is 0.167 e. The van der Waals surface area contributed by atoms with Gasteiger partial charge in [0.25, 0.3) is 0 Å². The molecule has 1 aromatic heterocycles. The summed E-state index contributed by atoms with van der Waals surface area (Å²) in [6.45, 7) is 6.60. The number of carbonyl (C=O) groups is 1. The van der Waals surface area contributed by atoms with Crippen LogP contribution in [-0.4, -0.2) is 26.8 Å². The first-order valence-electron chi connectivity index (χ1n) is 5.82.